The molecule has 18 N–H and O–H groups in total. The Balaban J connectivity index is 0.000000701. The predicted octanol–water partition coefficient (Wildman–Crippen LogP) is 11.9. The molecule has 16 atom stereocenters. The van der Waals surface area contributed by atoms with Crippen LogP contribution in [0.3, 0.4) is 0 Å². The minimum absolute atomic E-state index is 0.0167. The Morgan fingerprint density at radius 3 is 0.656 bits per heavy atom. The van der Waals surface area contributed by atoms with E-state index in [1.54, 1.807) is 209 Å². The molecular weight excluding hydrogens is 1690 g/mol. The van der Waals surface area contributed by atoms with Crippen molar-refractivity contribution in [3.05, 3.63) is 48.6 Å². The predicted molar refractivity (Wildman–Crippen MR) is 494 cm³/mol. The number of hydrogen-bond donors (Lipinski definition) is 18. The third kappa shape index (κ3) is 51.4. The number of amides is 12. The van der Waals surface area contributed by atoms with Gasteiger partial charge in [0.15, 0.2) is 0 Å². The zero-order valence-corrected chi connectivity index (χ0v) is 80.9. The second kappa shape index (κ2) is 68.6. The van der Waals surface area contributed by atoms with Gasteiger partial charge in [0.1, 0.15) is 26.4 Å². The Morgan fingerprint density at radius 2 is 0.484 bits per heavy atom. The highest BCUT2D eigenvalue weighted by Gasteiger charge is 2.52. The number of hydrogen-bond acceptors (Lipinski definition) is 20. The first-order valence-electron chi connectivity index (χ1n) is 46.9. The fourth-order valence-electron chi connectivity index (χ4n) is 19.8. The number of likely N-dealkylation sites (N-methyl/N-ethyl adjacent to an activating group) is 2. The maximum Gasteiger partial charge on any atom is 0.469 e. The first kappa shape index (κ1) is 119. The minimum atomic E-state index is -4.41. The standard InChI is InChI=1S/4C10H16.2C9H15NO4.2C6H11NO.2C5H13N2O5P.2C5H12N2O2/c4*1-2-9-7-4-5-8(6-7)10(9)3-1;2*1-4-10-9(12)14-6-5-13-8(11)7(2)3;2*1-4-7-6(8)5(2)3;2*1-2-6-5(8)7-3-4-12-13(9,10)11;2*1-2-6-5(9)7-3-4-8/h4*7-10H,1-6H2;2*2,4-6H2,1,3H3,(H,10,12);2*2,4H2,1,3H3,(H,7,8);2*2-4H2,1H3,(H2,6,7,8)(H2,9,10,11);2*8H,2-4H2,1H3,(H2,6,7,9). The number of phosphoric ester groups is 2. The number of ether oxygens (including phenoxy) is 4. The van der Waals surface area contributed by atoms with Gasteiger partial charge >= 0.3 is 63.9 Å². The Morgan fingerprint density at radius 1 is 0.281 bits per heavy atom. The van der Waals surface area contributed by atoms with Crippen molar-refractivity contribution in [2.24, 2.45) is 94.7 Å². The van der Waals surface area contributed by atoms with Gasteiger partial charge in [0.2, 0.25) is 11.8 Å². The number of fused-ring (bicyclic) bond motifs is 20. The van der Waals surface area contributed by atoms with Gasteiger partial charge in [0, 0.05) is 101 Å². The Kier molecular flexibility index (Phi) is 63.6. The lowest BCUT2D eigenvalue weighted by atomic mass is 9.82. The van der Waals surface area contributed by atoms with Gasteiger partial charge < -0.3 is 113 Å². The molecule has 0 aromatic rings. The van der Waals surface area contributed by atoms with Crippen LogP contribution in [0.2, 0.25) is 0 Å². The van der Waals surface area contributed by atoms with E-state index in [0.717, 1.165) is 0 Å². The number of urea groups is 4. The fourth-order valence-corrected chi connectivity index (χ4v) is 20.4. The highest BCUT2D eigenvalue weighted by atomic mass is 31.2. The summed E-state index contributed by atoms with van der Waals surface area (Å²) in [6.45, 7) is 39.7. The van der Waals surface area contributed by atoms with Crippen molar-refractivity contribution in [1.29, 1.82) is 0 Å². The highest BCUT2D eigenvalue weighted by molar-refractivity contribution is 7.46. The summed E-state index contributed by atoms with van der Waals surface area (Å²) in [6, 6.07) is -1.24. The van der Waals surface area contributed by atoms with Gasteiger partial charge in [-0.2, -0.15) is 0 Å². The summed E-state index contributed by atoms with van der Waals surface area (Å²) in [5, 5.41) is 46.0. The van der Waals surface area contributed by atoms with E-state index in [1.807, 2.05) is 27.7 Å². The van der Waals surface area contributed by atoms with E-state index < -0.39 is 51.8 Å². The highest BCUT2D eigenvalue weighted by Crippen LogP contribution is 2.61. The second-order valence-electron chi connectivity index (χ2n) is 34.1. The third-order valence-electron chi connectivity index (χ3n) is 24.7. The van der Waals surface area contributed by atoms with E-state index in [9.17, 15) is 57.1 Å². The molecule has 12 rings (SSSR count). The molecule has 12 fully saturated rings. The molecule has 740 valence electrons. The first-order valence-corrected chi connectivity index (χ1v) is 49.9. The molecule has 0 saturated heterocycles. The van der Waals surface area contributed by atoms with Gasteiger partial charge in [0.25, 0.3) is 0 Å². The van der Waals surface area contributed by atoms with Crippen molar-refractivity contribution in [2.75, 3.05) is 131 Å². The number of carbonyl (C=O) groups is 10. The zero-order chi connectivity index (χ0) is 96.2. The van der Waals surface area contributed by atoms with Crippen LogP contribution < -0.4 is 63.8 Å². The molecule has 36 nitrogen and oxygen atoms in total. The second-order valence-corrected chi connectivity index (χ2v) is 36.5. The van der Waals surface area contributed by atoms with Gasteiger partial charge in [-0.05, 0) is 306 Å². The van der Waals surface area contributed by atoms with E-state index in [4.69, 9.17) is 29.8 Å². The van der Waals surface area contributed by atoms with Crippen LogP contribution in [0.1, 0.15) is 237 Å². The van der Waals surface area contributed by atoms with E-state index in [1.165, 1.54) is 94.7 Å². The zero-order valence-electron chi connectivity index (χ0n) is 79.1. The third-order valence-corrected chi connectivity index (χ3v) is 25.8. The van der Waals surface area contributed by atoms with Gasteiger partial charge in [-0.3, -0.25) is 18.6 Å². The van der Waals surface area contributed by atoms with Crippen molar-refractivity contribution in [1.82, 2.24) is 63.8 Å². The summed E-state index contributed by atoms with van der Waals surface area (Å²) in [5.41, 5.74) is 1.77. The molecule has 0 heterocycles. The van der Waals surface area contributed by atoms with Crippen LogP contribution in [0.25, 0.3) is 0 Å². The molecule has 128 heavy (non-hydrogen) atoms. The van der Waals surface area contributed by atoms with Crippen LogP contribution >= 0.6 is 15.6 Å². The molecule has 12 aliphatic rings. The van der Waals surface area contributed by atoms with Crippen LogP contribution in [0.15, 0.2) is 48.6 Å². The van der Waals surface area contributed by atoms with Gasteiger partial charge in [-0.25, -0.2) is 47.5 Å². The number of alkyl carbamates (subject to hydrolysis) is 2. The van der Waals surface area contributed by atoms with Crippen molar-refractivity contribution < 1.29 is 115 Å². The van der Waals surface area contributed by atoms with Crippen LogP contribution in [0.5, 0.6) is 0 Å². The molecule has 0 aliphatic heterocycles. The van der Waals surface area contributed by atoms with Gasteiger partial charge in [0.05, 0.1) is 26.4 Å². The van der Waals surface area contributed by atoms with Gasteiger partial charge in [-0.1, -0.05) is 52.0 Å². The first-order chi connectivity index (χ1) is 60.8. The van der Waals surface area contributed by atoms with E-state index in [-0.39, 0.29) is 89.8 Å². The number of phosphoric acid groups is 2. The molecule has 12 aliphatic carbocycles. The average molecular weight is 1860 g/mol. The van der Waals surface area contributed by atoms with Crippen molar-refractivity contribution in [3.63, 3.8) is 0 Å². The quantitative estimate of drug-likeness (QED) is 0.0104. The maximum absolute atomic E-state index is 10.8. The summed E-state index contributed by atoms with van der Waals surface area (Å²) >= 11 is 0. The van der Waals surface area contributed by atoms with E-state index in [0.29, 0.717) is 87.7 Å². The molecule has 16 unspecified atom stereocenters. The molecule has 0 spiro atoms. The number of carbonyl (C=O) groups excluding carboxylic acids is 10. The summed E-state index contributed by atoms with van der Waals surface area (Å²) in [4.78, 5) is 140. The van der Waals surface area contributed by atoms with Crippen molar-refractivity contribution >= 4 is 75.7 Å². The number of rotatable bonds is 30. The largest absolute Gasteiger partial charge is 0.469 e. The minimum Gasteiger partial charge on any atom is -0.459 e. The molecule has 0 aromatic carbocycles. The lowest BCUT2D eigenvalue weighted by Gasteiger charge is -2.23. The Labute approximate surface area is 762 Å². The molecule has 0 radical (unpaired) electrons. The normalized spacial score (nSPS) is 24.5. The SMILES string of the molecule is C1CC2C3CCC(C3)C2C1.C1CC2C3CCC(C3)C2C1.C1CC2C3CCC(C3)C2C1.C1CC2C3CCC(C3)C2C1.C=C(C)C(=O)NCC.C=C(C)C(=O)NCC.C=C(C)C(=O)OCCOC(=O)NCC.C=C(C)C(=O)OCCOC(=O)NCC.CCNC(=O)NCCO.CCNC(=O)NCCO.CCNC(=O)NCCOP(=O)(O)O.CCNC(=O)NCCOP(=O)(O)O. The number of aliphatic hydroxyl groups excluding tert-OH is 2. The summed E-state index contributed by atoms with van der Waals surface area (Å²) < 4.78 is 47.1. The summed E-state index contributed by atoms with van der Waals surface area (Å²) in [6.07, 6.45) is 37.1. The molecule has 8 bridgehead atoms. The summed E-state index contributed by atoms with van der Waals surface area (Å²) in [7, 11) is -8.83. The average Bonchev–Trinajstić information content (AvgIpc) is 1.64. The van der Waals surface area contributed by atoms with Crippen LogP contribution in [-0.4, -0.2) is 221 Å². The number of aliphatic hydroxyl groups is 2. The van der Waals surface area contributed by atoms with Crippen molar-refractivity contribution in [3.8, 4) is 0 Å². The molecular formula is C90H166N12O24P2. The lowest BCUT2D eigenvalue weighted by Crippen LogP contribution is -2.36. The van der Waals surface area contributed by atoms with Crippen LogP contribution in [0.4, 0.5) is 28.8 Å². The fraction of sp³-hybridized carbons (Fsp3) is 0.800. The lowest BCUT2D eigenvalue weighted by molar-refractivity contribution is -0.140. The Hall–Kier alpha value is -7.40. The topological polar surface area (TPSA) is 526 Å². The summed E-state index contributed by atoms with van der Waals surface area (Å²) in [5.74, 6) is 18.1. The number of esters is 2. The monoisotopic (exact) mass is 1860 g/mol. The van der Waals surface area contributed by atoms with Crippen molar-refractivity contribution in [2.45, 2.75) is 237 Å². The molecule has 38 heteroatoms. The van der Waals surface area contributed by atoms with E-state index in [2.05, 4.69) is 118 Å². The molecule has 0 aromatic heterocycles. The Bertz CT molecular complexity index is 3040. The molecule has 12 amide bonds. The maximum atomic E-state index is 10.8. The van der Waals surface area contributed by atoms with Crippen LogP contribution in [-0.2, 0) is 56.3 Å². The van der Waals surface area contributed by atoms with Gasteiger partial charge in [-0.15, -0.1) is 0 Å². The smallest absolute Gasteiger partial charge is 0.459 e. The van der Waals surface area contributed by atoms with Crippen LogP contribution in [0, 0.1) is 94.7 Å². The molecule has 12 saturated carbocycles. The number of nitrogens with one attached hydrogen (secondary N) is 12. The van der Waals surface area contributed by atoms with E-state index >= 15 is 0 Å².